The van der Waals surface area contributed by atoms with Gasteiger partial charge in [0.05, 0.1) is 0 Å². The molecule has 3 aromatic carbocycles. The van der Waals surface area contributed by atoms with Crippen molar-refractivity contribution in [2.75, 3.05) is 6.54 Å². The zero-order valence-electron chi connectivity index (χ0n) is 33.4. The molecule has 10 nitrogen and oxygen atoms in total. The number of unbranched alkanes of at least 4 members (excludes halogenated alkanes) is 4. The lowest BCUT2D eigenvalue weighted by Gasteiger charge is -2.35. The first kappa shape index (κ1) is 43.5. The van der Waals surface area contributed by atoms with Crippen molar-refractivity contribution < 1.29 is 33.8 Å². The quantitative estimate of drug-likeness (QED) is 0.0888. The van der Waals surface area contributed by atoms with Gasteiger partial charge in [0, 0.05) is 19.4 Å². The van der Waals surface area contributed by atoms with E-state index in [9.17, 15) is 19.5 Å². The van der Waals surface area contributed by atoms with Crippen molar-refractivity contribution in [3.8, 4) is 5.75 Å². The Bertz CT molecular complexity index is 1630. The Labute approximate surface area is 322 Å². The third kappa shape index (κ3) is 14.9. The second-order valence-corrected chi connectivity index (χ2v) is 15.8. The zero-order valence-corrected chi connectivity index (χ0v) is 33.4. The minimum atomic E-state index is -1.15. The SMILES string of the molecule is CCCCCCCN(C(=O)C(Cc1ccc(O)cc1)NC(=O)OC(C)(C)C)C(C(=O)NC(Cc1ccccc1)C(=O)OC(C)(C)C)c1ccc(CC)cc1. The van der Waals surface area contributed by atoms with Gasteiger partial charge in [-0.1, -0.05) is 106 Å². The Hall–Kier alpha value is -4.86. The molecule has 0 saturated carbocycles. The fourth-order valence-electron chi connectivity index (χ4n) is 6.05. The standard InChI is InChI=1S/C44H61N3O7/c1-9-11-12-13-17-28-47(40(50)36(46-42(52)54-44(6,7)8)29-33-22-26-35(48)27-23-33)38(34-24-20-31(10-2)21-25-34)39(49)45-37(41(51)53-43(3,4)5)30-32-18-15-14-16-19-32/h14-16,18-27,36-38,48H,9-13,17,28-30H2,1-8H3,(H,45,49)(H,46,52). The summed E-state index contributed by atoms with van der Waals surface area (Å²) in [6.07, 6.45) is 4.74. The van der Waals surface area contributed by atoms with Crippen LogP contribution in [0, 0.1) is 0 Å². The molecule has 0 aliphatic rings. The lowest BCUT2D eigenvalue weighted by Crippen LogP contribution is -2.55. The summed E-state index contributed by atoms with van der Waals surface area (Å²) in [5, 5.41) is 15.7. The van der Waals surface area contributed by atoms with Crippen molar-refractivity contribution in [1.29, 1.82) is 0 Å². The molecule has 3 rings (SSSR count). The third-order valence-electron chi connectivity index (χ3n) is 8.71. The number of alkyl carbamates (subject to hydrolysis) is 1. The second kappa shape index (κ2) is 20.6. The lowest BCUT2D eigenvalue weighted by molar-refractivity contribution is -0.159. The summed E-state index contributed by atoms with van der Waals surface area (Å²) in [6, 6.07) is 20.0. The molecular formula is C44H61N3O7. The Morgan fingerprint density at radius 1 is 0.667 bits per heavy atom. The second-order valence-electron chi connectivity index (χ2n) is 15.8. The monoisotopic (exact) mass is 743 g/mol. The molecule has 0 fully saturated rings. The van der Waals surface area contributed by atoms with Crippen LogP contribution in [-0.4, -0.2) is 63.7 Å². The van der Waals surface area contributed by atoms with Crippen molar-refractivity contribution in [1.82, 2.24) is 15.5 Å². The van der Waals surface area contributed by atoms with Crippen molar-refractivity contribution in [2.24, 2.45) is 0 Å². The first-order valence-corrected chi connectivity index (χ1v) is 19.2. The van der Waals surface area contributed by atoms with E-state index in [2.05, 4.69) is 17.6 Å². The number of amides is 3. The molecule has 294 valence electrons. The fraction of sp³-hybridized carbons (Fsp3) is 0.500. The van der Waals surface area contributed by atoms with E-state index in [1.165, 1.54) is 17.0 Å². The van der Waals surface area contributed by atoms with E-state index in [4.69, 9.17) is 9.47 Å². The summed E-state index contributed by atoms with van der Waals surface area (Å²) >= 11 is 0. The Kier molecular flexibility index (Phi) is 16.6. The predicted molar refractivity (Wildman–Crippen MR) is 212 cm³/mol. The normalized spacial score (nSPS) is 13.3. The highest BCUT2D eigenvalue weighted by Crippen LogP contribution is 2.26. The smallest absolute Gasteiger partial charge is 0.408 e. The Morgan fingerprint density at radius 3 is 1.80 bits per heavy atom. The number of aromatic hydroxyl groups is 1. The molecule has 0 spiro atoms. The summed E-state index contributed by atoms with van der Waals surface area (Å²) in [5.74, 6) is -1.55. The molecule has 0 radical (unpaired) electrons. The largest absolute Gasteiger partial charge is 0.508 e. The molecule has 0 aliphatic heterocycles. The average molecular weight is 744 g/mol. The average Bonchev–Trinajstić information content (AvgIpc) is 3.10. The van der Waals surface area contributed by atoms with Gasteiger partial charge >= 0.3 is 12.1 Å². The molecule has 3 amide bonds. The number of benzene rings is 3. The van der Waals surface area contributed by atoms with Gasteiger partial charge in [-0.2, -0.15) is 0 Å². The summed E-state index contributed by atoms with van der Waals surface area (Å²) < 4.78 is 11.4. The number of ether oxygens (including phenoxy) is 2. The molecule has 0 bridgehead atoms. The summed E-state index contributed by atoms with van der Waals surface area (Å²) in [6.45, 7) is 14.9. The maximum atomic E-state index is 15.0. The number of hydrogen-bond acceptors (Lipinski definition) is 7. The summed E-state index contributed by atoms with van der Waals surface area (Å²) in [5.41, 5.74) is 1.51. The van der Waals surface area contributed by atoms with Crippen molar-refractivity contribution in [3.05, 3.63) is 101 Å². The van der Waals surface area contributed by atoms with E-state index >= 15 is 4.79 Å². The Morgan fingerprint density at radius 2 is 1.22 bits per heavy atom. The van der Waals surface area contributed by atoms with Gasteiger partial charge in [0.25, 0.3) is 0 Å². The van der Waals surface area contributed by atoms with Gasteiger partial charge in [0.2, 0.25) is 11.8 Å². The molecule has 3 N–H and O–H groups in total. The van der Waals surface area contributed by atoms with Crippen molar-refractivity contribution >= 4 is 23.9 Å². The van der Waals surface area contributed by atoms with Gasteiger partial charge in [-0.15, -0.1) is 0 Å². The number of rotatable bonds is 18. The highest BCUT2D eigenvalue weighted by molar-refractivity contribution is 5.94. The maximum Gasteiger partial charge on any atom is 0.408 e. The van der Waals surface area contributed by atoms with Gasteiger partial charge in [-0.05, 0) is 88.8 Å². The molecule has 0 aromatic heterocycles. The molecule has 10 heteroatoms. The van der Waals surface area contributed by atoms with Crippen LogP contribution < -0.4 is 10.6 Å². The van der Waals surface area contributed by atoms with Gasteiger partial charge in [0.1, 0.15) is 35.1 Å². The van der Waals surface area contributed by atoms with Crippen LogP contribution >= 0.6 is 0 Å². The van der Waals surface area contributed by atoms with E-state index in [1.807, 2.05) is 61.5 Å². The molecule has 54 heavy (non-hydrogen) atoms. The van der Waals surface area contributed by atoms with Crippen LogP contribution in [0.3, 0.4) is 0 Å². The number of phenols is 1. The van der Waals surface area contributed by atoms with Gasteiger partial charge < -0.3 is 30.1 Å². The highest BCUT2D eigenvalue weighted by Gasteiger charge is 2.38. The topological polar surface area (TPSA) is 134 Å². The van der Waals surface area contributed by atoms with Gasteiger partial charge in [-0.25, -0.2) is 9.59 Å². The van der Waals surface area contributed by atoms with E-state index in [-0.39, 0.29) is 25.1 Å². The van der Waals surface area contributed by atoms with E-state index < -0.39 is 53.2 Å². The number of hydrogen-bond donors (Lipinski definition) is 3. The first-order valence-electron chi connectivity index (χ1n) is 19.2. The van der Waals surface area contributed by atoms with Crippen LogP contribution in [0.25, 0.3) is 0 Å². The lowest BCUT2D eigenvalue weighted by atomic mass is 9.97. The highest BCUT2D eigenvalue weighted by atomic mass is 16.6. The van der Waals surface area contributed by atoms with E-state index in [1.54, 1.807) is 53.7 Å². The van der Waals surface area contributed by atoms with Crippen LogP contribution in [0.5, 0.6) is 5.75 Å². The van der Waals surface area contributed by atoms with Crippen LogP contribution in [0.1, 0.15) is 116 Å². The molecule has 3 aromatic rings. The number of carbonyl (C=O) groups excluding carboxylic acids is 4. The first-order chi connectivity index (χ1) is 25.5. The fourth-order valence-corrected chi connectivity index (χ4v) is 6.05. The Balaban J connectivity index is 2.14. The number of nitrogens with zero attached hydrogens (tertiary/aromatic N) is 1. The van der Waals surface area contributed by atoms with Crippen LogP contribution in [0.2, 0.25) is 0 Å². The predicted octanol–water partition coefficient (Wildman–Crippen LogP) is 8.00. The zero-order chi connectivity index (χ0) is 39.9. The maximum absolute atomic E-state index is 15.0. The number of phenolic OH excluding ortho intramolecular Hbond substituents is 1. The minimum absolute atomic E-state index is 0.0674. The molecular weight excluding hydrogens is 682 g/mol. The number of carbonyl (C=O) groups is 4. The van der Waals surface area contributed by atoms with Crippen LogP contribution in [0.4, 0.5) is 4.79 Å². The van der Waals surface area contributed by atoms with E-state index in [0.717, 1.165) is 43.2 Å². The molecule has 0 heterocycles. The number of esters is 1. The van der Waals surface area contributed by atoms with Gasteiger partial charge in [-0.3, -0.25) is 9.59 Å². The van der Waals surface area contributed by atoms with Crippen molar-refractivity contribution in [2.45, 2.75) is 136 Å². The molecule has 3 unspecified atom stereocenters. The van der Waals surface area contributed by atoms with Crippen LogP contribution in [0.15, 0.2) is 78.9 Å². The summed E-state index contributed by atoms with van der Waals surface area (Å²) in [4.78, 5) is 58.3. The molecule has 3 atom stereocenters. The third-order valence-corrected chi connectivity index (χ3v) is 8.71. The minimum Gasteiger partial charge on any atom is -0.508 e. The number of nitrogens with one attached hydrogen (secondary N) is 2. The van der Waals surface area contributed by atoms with E-state index in [0.29, 0.717) is 17.5 Å². The van der Waals surface area contributed by atoms with Gasteiger partial charge in [0.15, 0.2) is 0 Å². The van der Waals surface area contributed by atoms with Crippen molar-refractivity contribution in [3.63, 3.8) is 0 Å². The number of aryl methyl sites for hydroxylation is 1. The summed E-state index contributed by atoms with van der Waals surface area (Å²) in [7, 11) is 0. The van der Waals surface area contributed by atoms with Crippen LogP contribution in [-0.2, 0) is 43.1 Å². The molecule has 0 saturated heterocycles. The molecule has 0 aliphatic carbocycles.